The van der Waals surface area contributed by atoms with Gasteiger partial charge in [-0.1, -0.05) is 13.8 Å². The standard InChI is InChI=1S/C15H32N2O/c1-13(2)12-16-9-5-6-14(3)18-15-7-10-17(4)11-8-15/h13-16H,5-12H2,1-4H3. The summed E-state index contributed by atoms with van der Waals surface area (Å²) in [5, 5.41) is 3.49. The van der Waals surface area contributed by atoms with Crippen molar-refractivity contribution in [3.63, 3.8) is 0 Å². The topological polar surface area (TPSA) is 24.5 Å². The summed E-state index contributed by atoms with van der Waals surface area (Å²) in [6.07, 6.45) is 5.72. The molecule has 0 amide bonds. The largest absolute Gasteiger partial charge is 0.375 e. The number of piperidine rings is 1. The average molecular weight is 256 g/mol. The van der Waals surface area contributed by atoms with Crippen molar-refractivity contribution in [2.24, 2.45) is 5.92 Å². The molecule has 3 heteroatoms. The van der Waals surface area contributed by atoms with Crippen LogP contribution in [0.1, 0.15) is 46.5 Å². The minimum absolute atomic E-state index is 0.416. The molecule has 1 saturated heterocycles. The molecule has 0 aliphatic carbocycles. The van der Waals surface area contributed by atoms with E-state index in [1.807, 2.05) is 0 Å². The molecule has 18 heavy (non-hydrogen) atoms. The van der Waals surface area contributed by atoms with Crippen molar-refractivity contribution in [1.82, 2.24) is 10.2 Å². The molecule has 0 bridgehead atoms. The van der Waals surface area contributed by atoms with E-state index in [0.717, 1.165) is 19.0 Å². The number of hydrogen-bond acceptors (Lipinski definition) is 3. The van der Waals surface area contributed by atoms with Gasteiger partial charge in [-0.25, -0.2) is 0 Å². The van der Waals surface area contributed by atoms with Crippen molar-refractivity contribution in [2.75, 3.05) is 33.2 Å². The molecule has 0 saturated carbocycles. The van der Waals surface area contributed by atoms with Crippen LogP contribution in [-0.2, 0) is 4.74 Å². The molecular weight excluding hydrogens is 224 g/mol. The zero-order chi connectivity index (χ0) is 13.4. The summed E-state index contributed by atoms with van der Waals surface area (Å²) < 4.78 is 6.11. The Labute approximate surface area is 113 Å². The maximum atomic E-state index is 6.11. The van der Waals surface area contributed by atoms with E-state index in [1.165, 1.54) is 38.8 Å². The number of nitrogens with one attached hydrogen (secondary N) is 1. The lowest BCUT2D eigenvalue weighted by Gasteiger charge is -2.31. The fourth-order valence-electron chi connectivity index (χ4n) is 2.42. The molecule has 108 valence electrons. The van der Waals surface area contributed by atoms with Gasteiger partial charge in [-0.15, -0.1) is 0 Å². The third kappa shape index (κ3) is 7.34. The highest BCUT2D eigenvalue weighted by molar-refractivity contribution is 4.71. The Morgan fingerprint density at radius 2 is 1.89 bits per heavy atom. The maximum absolute atomic E-state index is 6.11. The van der Waals surface area contributed by atoms with E-state index in [0.29, 0.717) is 12.2 Å². The number of nitrogens with zero attached hydrogens (tertiary/aromatic N) is 1. The summed E-state index contributed by atoms with van der Waals surface area (Å²) in [7, 11) is 2.19. The second-order valence-electron chi connectivity index (χ2n) is 6.19. The Morgan fingerprint density at radius 1 is 1.22 bits per heavy atom. The Hall–Kier alpha value is -0.120. The van der Waals surface area contributed by atoms with Crippen molar-refractivity contribution in [3.8, 4) is 0 Å². The predicted octanol–water partition coefficient (Wildman–Crippen LogP) is 2.51. The fraction of sp³-hybridized carbons (Fsp3) is 1.00. The molecule has 0 aromatic heterocycles. The van der Waals surface area contributed by atoms with Crippen LogP contribution in [0, 0.1) is 5.92 Å². The first-order valence-electron chi connectivity index (χ1n) is 7.62. The number of rotatable bonds is 8. The molecule has 3 nitrogen and oxygen atoms in total. The van der Waals surface area contributed by atoms with Crippen LogP contribution in [0.15, 0.2) is 0 Å². The Kier molecular flexibility index (Phi) is 7.87. The molecule has 0 aromatic carbocycles. The summed E-state index contributed by atoms with van der Waals surface area (Å²) in [4.78, 5) is 2.39. The lowest BCUT2D eigenvalue weighted by Crippen LogP contribution is -2.35. The summed E-state index contributed by atoms with van der Waals surface area (Å²) in [5.41, 5.74) is 0. The average Bonchev–Trinajstić information content (AvgIpc) is 2.31. The fourth-order valence-corrected chi connectivity index (χ4v) is 2.42. The van der Waals surface area contributed by atoms with E-state index in [4.69, 9.17) is 4.74 Å². The van der Waals surface area contributed by atoms with E-state index < -0.39 is 0 Å². The van der Waals surface area contributed by atoms with Crippen LogP contribution in [0.4, 0.5) is 0 Å². The summed E-state index contributed by atoms with van der Waals surface area (Å²) in [6, 6.07) is 0. The smallest absolute Gasteiger partial charge is 0.0603 e. The van der Waals surface area contributed by atoms with E-state index in [9.17, 15) is 0 Å². The van der Waals surface area contributed by atoms with Gasteiger partial charge in [0.15, 0.2) is 0 Å². The van der Waals surface area contributed by atoms with Crippen LogP contribution >= 0.6 is 0 Å². The first-order valence-corrected chi connectivity index (χ1v) is 7.62. The van der Waals surface area contributed by atoms with Gasteiger partial charge in [-0.3, -0.25) is 0 Å². The van der Waals surface area contributed by atoms with Crippen LogP contribution in [0.2, 0.25) is 0 Å². The van der Waals surface area contributed by atoms with E-state index in [-0.39, 0.29) is 0 Å². The van der Waals surface area contributed by atoms with Crippen molar-refractivity contribution in [3.05, 3.63) is 0 Å². The monoisotopic (exact) mass is 256 g/mol. The lowest BCUT2D eigenvalue weighted by atomic mass is 10.1. The normalized spacial score (nSPS) is 20.5. The third-order valence-electron chi connectivity index (χ3n) is 3.61. The molecule has 1 fully saturated rings. The van der Waals surface area contributed by atoms with Gasteiger partial charge >= 0.3 is 0 Å². The minimum Gasteiger partial charge on any atom is -0.375 e. The van der Waals surface area contributed by atoms with Crippen LogP contribution in [0.25, 0.3) is 0 Å². The highest BCUT2D eigenvalue weighted by Crippen LogP contribution is 2.15. The molecular formula is C15H32N2O. The van der Waals surface area contributed by atoms with Crippen LogP contribution in [0.5, 0.6) is 0 Å². The first-order chi connectivity index (χ1) is 8.58. The van der Waals surface area contributed by atoms with Gasteiger partial charge in [0.2, 0.25) is 0 Å². The van der Waals surface area contributed by atoms with Crippen molar-refractivity contribution in [1.29, 1.82) is 0 Å². The van der Waals surface area contributed by atoms with Gasteiger partial charge in [0.05, 0.1) is 12.2 Å². The second kappa shape index (κ2) is 8.89. The Balaban J connectivity index is 1.98. The van der Waals surface area contributed by atoms with Crippen LogP contribution in [-0.4, -0.2) is 50.3 Å². The van der Waals surface area contributed by atoms with Gasteiger partial charge in [0, 0.05) is 13.1 Å². The summed E-state index contributed by atoms with van der Waals surface area (Å²) in [5.74, 6) is 0.748. The van der Waals surface area contributed by atoms with Gasteiger partial charge in [-0.05, 0) is 58.7 Å². The molecule has 1 N–H and O–H groups in total. The quantitative estimate of drug-likeness (QED) is 0.675. The third-order valence-corrected chi connectivity index (χ3v) is 3.61. The van der Waals surface area contributed by atoms with Crippen molar-refractivity contribution >= 4 is 0 Å². The molecule has 0 spiro atoms. The second-order valence-corrected chi connectivity index (χ2v) is 6.19. The van der Waals surface area contributed by atoms with E-state index in [1.54, 1.807) is 0 Å². The predicted molar refractivity (Wildman–Crippen MR) is 78.0 cm³/mol. The van der Waals surface area contributed by atoms with Gasteiger partial charge in [-0.2, -0.15) is 0 Å². The molecule has 1 heterocycles. The molecule has 1 atom stereocenters. The van der Waals surface area contributed by atoms with Crippen molar-refractivity contribution < 1.29 is 4.74 Å². The van der Waals surface area contributed by atoms with E-state index in [2.05, 4.69) is 38.0 Å². The molecule has 0 radical (unpaired) electrons. The number of ether oxygens (including phenoxy) is 1. The van der Waals surface area contributed by atoms with Crippen LogP contribution in [0.3, 0.4) is 0 Å². The number of likely N-dealkylation sites (tertiary alicyclic amines) is 1. The Morgan fingerprint density at radius 3 is 2.50 bits per heavy atom. The number of hydrogen-bond donors (Lipinski definition) is 1. The summed E-state index contributed by atoms with van der Waals surface area (Å²) >= 11 is 0. The van der Waals surface area contributed by atoms with Gasteiger partial charge in [0.25, 0.3) is 0 Å². The zero-order valence-corrected chi connectivity index (χ0v) is 12.7. The van der Waals surface area contributed by atoms with Gasteiger partial charge < -0.3 is 15.0 Å². The highest BCUT2D eigenvalue weighted by Gasteiger charge is 2.18. The molecule has 1 rings (SSSR count). The molecule has 1 aliphatic rings. The van der Waals surface area contributed by atoms with Crippen LogP contribution < -0.4 is 5.32 Å². The van der Waals surface area contributed by atoms with Gasteiger partial charge in [0.1, 0.15) is 0 Å². The minimum atomic E-state index is 0.416. The van der Waals surface area contributed by atoms with Crippen molar-refractivity contribution in [2.45, 2.75) is 58.7 Å². The molecule has 0 aromatic rings. The molecule has 1 aliphatic heterocycles. The Bertz CT molecular complexity index is 201. The lowest BCUT2D eigenvalue weighted by molar-refractivity contribution is -0.0349. The molecule has 1 unspecified atom stereocenters. The maximum Gasteiger partial charge on any atom is 0.0603 e. The van der Waals surface area contributed by atoms with E-state index >= 15 is 0 Å². The zero-order valence-electron chi connectivity index (χ0n) is 12.7. The highest BCUT2D eigenvalue weighted by atomic mass is 16.5. The first kappa shape index (κ1) is 15.9. The summed E-state index contributed by atoms with van der Waals surface area (Å²) in [6.45, 7) is 11.3. The SMILES string of the molecule is CC(C)CNCCCC(C)OC1CCN(C)CC1.